The molecule has 5 nitrogen and oxygen atoms in total. The Morgan fingerprint density at radius 1 is 1.04 bits per heavy atom. The fourth-order valence-electron chi connectivity index (χ4n) is 2.31. The molecule has 0 fully saturated rings. The van der Waals surface area contributed by atoms with Crippen LogP contribution in [0.15, 0.2) is 42.5 Å². The zero-order valence-corrected chi connectivity index (χ0v) is 13.9. The van der Waals surface area contributed by atoms with Crippen LogP contribution in [0.2, 0.25) is 0 Å². The fraction of sp³-hybridized carbons (Fsp3) is 0.333. The SMILES string of the molecule is COc1ccc(CNc2ccc(N(C)CCO)cc2)c(OC)c1. The molecule has 0 atom stereocenters. The van der Waals surface area contributed by atoms with Gasteiger partial charge in [-0.25, -0.2) is 0 Å². The lowest BCUT2D eigenvalue weighted by atomic mass is 10.2. The molecule has 0 aliphatic heterocycles. The van der Waals surface area contributed by atoms with E-state index in [4.69, 9.17) is 14.6 Å². The highest BCUT2D eigenvalue weighted by molar-refractivity contribution is 5.55. The third-order valence-corrected chi connectivity index (χ3v) is 3.72. The van der Waals surface area contributed by atoms with Gasteiger partial charge in [0.2, 0.25) is 0 Å². The van der Waals surface area contributed by atoms with E-state index in [0.717, 1.165) is 28.4 Å². The number of aliphatic hydroxyl groups is 1. The van der Waals surface area contributed by atoms with Crippen molar-refractivity contribution in [1.82, 2.24) is 0 Å². The molecule has 124 valence electrons. The van der Waals surface area contributed by atoms with Gasteiger partial charge in [0.15, 0.2) is 0 Å². The number of ether oxygens (including phenoxy) is 2. The summed E-state index contributed by atoms with van der Waals surface area (Å²) in [5, 5.41) is 12.4. The molecule has 23 heavy (non-hydrogen) atoms. The molecule has 0 aliphatic carbocycles. The lowest BCUT2D eigenvalue weighted by Gasteiger charge is -2.18. The Morgan fingerprint density at radius 2 is 1.78 bits per heavy atom. The summed E-state index contributed by atoms with van der Waals surface area (Å²) >= 11 is 0. The summed E-state index contributed by atoms with van der Waals surface area (Å²) in [4.78, 5) is 2.01. The van der Waals surface area contributed by atoms with Crippen molar-refractivity contribution in [2.24, 2.45) is 0 Å². The molecule has 0 amide bonds. The summed E-state index contributed by atoms with van der Waals surface area (Å²) < 4.78 is 10.6. The van der Waals surface area contributed by atoms with Gasteiger partial charge in [-0.05, 0) is 36.4 Å². The zero-order valence-electron chi connectivity index (χ0n) is 13.9. The van der Waals surface area contributed by atoms with E-state index in [2.05, 4.69) is 5.32 Å². The minimum Gasteiger partial charge on any atom is -0.497 e. The first kappa shape index (κ1) is 17.0. The predicted octanol–water partition coefficient (Wildman–Crippen LogP) is 2.74. The second kappa shape index (κ2) is 8.29. The molecule has 0 bridgehead atoms. The highest BCUT2D eigenvalue weighted by Gasteiger charge is 2.05. The molecule has 0 aromatic heterocycles. The van der Waals surface area contributed by atoms with Crippen molar-refractivity contribution in [1.29, 1.82) is 0 Å². The van der Waals surface area contributed by atoms with E-state index in [1.807, 2.05) is 54.4 Å². The summed E-state index contributed by atoms with van der Waals surface area (Å²) in [5.41, 5.74) is 3.17. The fourth-order valence-corrected chi connectivity index (χ4v) is 2.31. The molecular formula is C18H24N2O3. The smallest absolute Gasteiger partial charge is 0.127 e. The quantitative estimate of drug-likeness (QED) is 0.784. The Bertz CT molecular complexity index is 614. The molecule has 0 heterocycles. The van der Waals surface area contributed by atoms with E-state index in [1.54, 1.807) is 14.2 Å². The van der Waals surface area contributed by atoms with Gasteiger partial charge in [0.25, 0.3) is 0 Å². The second-order valence-corrected chi connectivity index (χ2v) is 5.22. The lowest BCUT2D eigenvalue weighted by Crippen LogP contribution is -2.20. The van der Waals surface area contributed by atoms with Crippen LogP contribution in [0, 0.1) is 0 Å². The van der Waals surface area contributed by atoms with Crippen LogP contribution in [0.4, 0.5) is 11.4 Å². The number of rotatable bonds is 8. The van der Waals surface area contributed by atoms with Crippen LogP contribution in [0.5, 0.6) is 11.5 Å². The number of aliphatic hydroxyl groups excluding tert-OH is 1. The highest BCUT2D eigenvalue weighted by atomic mass is 16.5. The van der Waals surface area contributed by atoms with Crippen LogP contribution in [-0.4, -0.2) is 39.5 Å². The number of methoxy groups -OCH3 is 2. The predicted molar refractivity (Wildman–Crippen MR) is 93.7 cm³/mol. The van der Waals surface area contributed by atoms with Crippen molar-refractivity contribution < 1.29 is 14.6 Å². The van der Waals surface area contributed by atoms with Crippen molar-refractivity contribution in [3.63, 3.8) is 0 Å². The van der Waals surface area contributed by atoms with Crippen LogP contribution in [0.25, 0.3) is 0 Å². The summed E-state index contributed by atoms with van der Waals surface area (Å²) in [6.45, 7) is 1.43. The van der Waals surface area contributed by atoms with Gasteiger partial charge in [0.1, 0.15) is 11.5 Å². The molecule has 0 aliphatic rings. The van der Waals surface area contributed by atoms with E-state index in [1.165, 1.54) is 0 Å². The van der Waals surface area contributed by atoms with E-state index >= 15 is 0 Å². The molecule has 0 saturated carbocycles. The van der Waals surface area contributed by atoms with Crippen LogP contribution in [-0.2, 0) is 6.54 Å². The van der Waals surface area contributed by atoms with Crippen LogP contribution >= 0.6 is 0 Å². The second-order valence-electron chi connectivity index (χ2n) is 5.22. The summed E-state index contributed by atoms with van der Waals surface area (Å²) in [7, 11) is 5.26. The van der Waals surface area contributed by atoms with Gasteiger partial charge in [0.05, 0.1) is 20.8 Å². The Labute approximate surface area is 137 Å². The minimum absolute atomic E-state index is 0.147. The van der Waals surface area contributed by atoms with Crippen molar-refractivity contribution in [2.75, 3.05) is 44.6 Å². The normalized spacial score (nSPS) is 10.3. The Hall–Kier alpha value is -2.40. The number of hydrogen-bond acceptors (Lipinski definition) is 5. The number of nitrogens with zero attached hydrogens (tertiary/aromatic N) is 1. The van der Waals surface area contributed by atoms with Gasteiger partial charge in [-0.3, -0.25) is 0 Å². The summed E-state index contributed by atoms with van der Waals surface area (Å²) in [5.74, 6) is 1.58. The van der Waals surface area contributed by atoms with Crippen molar-refractivity contribution in [3.05, 3.63) is 48.0 Å². The van der Waals surface area contributed by atoms with Gasteiger partial charge in [-0.1, -0.05) is 0 Å². The Morgan fingerprint density at radius 3 is 2.39 bits per heavy atom. The van der Waals surface area contributed by atoms with Gasteiger partial charge < -0.3 is 24.8 Å². The van der Waals surface area contributed by atoms with E-state index in [-0.39, 0.29) is 6.61 Å². The molecule has 5 heteroatoms. The Kier molecular flexibility index (Phi) is 6.11. The third kappa shape index (κ3) is 4.53. The standard InChI is InChI=1S/C18H24N2O3/c1-20(10-11-21)16-7-5-15(6-8-16)19-13-14-4-9-17(22-2)12-18(14)23-3/h4-9,12,19,21H,10-11,13H2,1-3H3. The summed E-state index contributed by atoms with van der Waals surface area (Å²) in [6, 6.07) is 13.9. The number of hydrogen-bond donors (Lipinski definition) is 2. The maximum absolute atomic E-state index is 8.97. The number of anilines is 2. The molecule has 2 N–H and O–H groups in total. The maximum atomic E-state index is 8.97. The monoisotopic (exact) mass is 316 g/mol. The maximum Gasteiger partial charge on any atom is 0.127 e. The largest absolute Gasteiger partial charge is 0.497 e. The van der Waals surface area contributed by atoms with Gasteiger partial charge in [0, 0.05) is 43.1 Å². The molecule has 2 aromatic rings. The molecule has 2 rings (SSSR count). The zero-order chi connectivity index (χ0) is 16.7. The van der Waals surface area contributed by atoms with Crippen LogP contribution < -0.4 is 19.7 Å². The van der Waals surface area contributed by atoms with Crippen LogP contribution in [0.3, 0.4) is 0 Å². The molecule has 2 aromatic carbocycles. The molecule has 0 unspecified atom stereocenters. The molecular weight excluding hydrogens is 292 g/mol. The molecule has 0 spiro atoms. The average molecular weight is 316 g/mol. The van der Waals surface area contributed by atoms with Gasteiger partial charge in [-0.2, -0.15) is 0 Å². The first-order valence-electron chi connectivity index (χ1n) is 7.54. The number of likely N-dealkylation sites (N-methyl/N-ethyl adjacent to an activating group) is 1. The van der Waals surface area contributed by atoms with E-state index in [9.17, 15) is 0 Å². The lowest BCUT2D eigenvalue weighted by molar-refractivity contribution is 0.304. The average Bonchev–Trinajstić information content (AvgIpc) is 2.60. The molecule has 0 saturated heterocycles. The van der Waals surface area contributed by atoms with Crippen molar-refractivity contribution in [3.8, 4) is 11.5 Å². The van der Waals surface area contributed by atoms with Crippen molar-refractivity contribution >= 4 is 11.4 Å². The highest BCUT2D eigenvalue weighted by Crippen LogP contribution is 2.25. The minimum atomic E-state index is 0.147. The van der Waals surface area contributed by atoms with E-state index in [0.29, 0.717) is 13.1 Å². The molecule has 0 radical (unpaired) electrons. The first-order chi connectivity index (χ1) is 11.2. The van der Waals surface area contributed by atoms with Crippen molar-refractivity contribution in [2.45, 2.75) is 6.54 Å². The topological polar surface area (TPSA) is 54.0 Å². The van der Waals surface area contributed by atoms with E-state index < -0.39 is 0 Å². The third-order valence-electron chi connectivity index (χ3n) is 3.72. The number of benzene rings is 2. The summed E-state index contributed by atoms with van der Waals surface area (Å²) in [6.07, 6.45) is 0. The first-order valence-corrected chi connectivity index (χ1v) is 7.54. The Balaban J connectivity index is 2.01. The number of nitrogens with one attached hydrogen (secondary N) is 1. The van der Waals surface area contributed by atoms with Crippen LogP contribution in [0.1, 0.15) is 5.56 Å². The van der Waals surface area contributed by atoms with Gasteiger partial charge in [-0.15, -0.1) is 0 Å². The van der Waals surface area contributed by atoms with Gasteiger partial charge >= 0.3 is 0 Å².